The Morgan fingerprint density at radius 1 is 1.45 bits per heavy atom. The van der Waals surface area contributed by atoms with Crippen molar-refractivity contribution < 1.29 is 9.18 Å². The van der Waals surface area contributed by atoms with Gasteiger partial charge in [-0.15, -0.1) is 0 Å². The third kappa shape index (κ3) is 4.65. The van der Waals surface area contributed by atoms with Gasteiger partial charge in [-0.2, -0.15) is 5.26 Å². The van der Waals surface area contributed by atoms with Crippen molar-refractivity contribution in [3.63, 3.8) is 0 Å². The maximum Gasteiger partial charge on any atom is 0.223 e. The van der Waals surface area contributed by atoms with Crippen molar-refractivity contribution >= 4 is 5.91 Å². The molecule has 3 nitrogen and oxygen atoms in total. The zero-order valence-corrected chi connectivity index (χ0v) is 12.1. The van der Waals surface area contributed by atoms with E-state index in [1.54, 1.807) is 12.1 Å². The number of amides is 1. The minimum Gasteiger partial charge on any atom is -0.352 e. The molecule has 20 heavy (non-hydrogen) atoms. The molecule has 1 atom stereocenters. The summed E-state index contributed by atoms with van der Waals surface area (Å²) in [5, 5.41) is 11.4. The molecule has 4 heteroatoms. The van der Waals surface area contributed by atoms with Crippen LogP contribution in [0.1, 0.15) is 50.7 Å². The largest absolute Gasteiger partial charge is 0.352 e. The summed E-state index contributed by atoms with van der Waals surface area (Å²) < 4.78 is 13.7. The summed E-state index contributed by atoms with van der Waals surface area (Å²) in [6, 6.07) is 6.17. The Morgan fingerprint density at radius 2 is 2.20 bits per heavy atom. The fourth-order valence-electron chi connectivity index (χ4n) is 2.06. The van der Waals surface area contributed by atoms with Crippen LogP contribution in [-0.4, -0.2) is 5.91 Å². The third-order valence-corrected chi connectivity index (χ3v) is 3.40. The van der Waals surface area contributed by atoms with E-state index in [1.807, 2.05) is 13.0 Å². The minimum atomic E-state index is -0.453. The SMILES string of the molecule is CCCCC(CC)C(=O)NCc1ccc(C#N)cc1F. The van der Waals surface area contributed by atoms with Crippen LogP contribution in [-0.2, 0) is 11.3 Å². The average molecular weight is 276 g/mol. The Labute approximate surface area is 119 Å². The summed E-state index contributed by atoms with van der Waals surface area (Å²) in [5.74, 6) is -0.480. The molecule has 0 saturated heterocycles. The summed E-state index contributed by atoms with van der Waals surface area (Å²) in [6.07, 6.45) is 3.75. The Morgan fingerprint density at radius 3 is 2.75 bits per heavy atom. The maximum atomic E-state index is 13.7. The lowest BCUT2D eigenvalue weighted by atomic mass is 9.98. The van der Waals surface area contributed by atoms with Crippen LogP contribution in [0.2, 0.25) is 0 Å². The zero-order chi connectivity index (χ0) is 15.0. The van der Waals surface area contributed by atoms with Crippen LogP contribution in [0.25, 0.3) is 0 Å². The first-order valence-electron chi connectivity index (χ1n) is 7.08. The Hall–Kier alpha value is -1.89. The Bertz CT molecular complexity index is 494. The number of benzene rings is 1. The normalized spacial score (nSPS) is 11.7. The molecular weight excluding hydrogens is 255 g/mol. The molecular formula is C16H21FN2O. The second kappa shape index (κ2) is 8.31. The van der Waals surface area contributed by atoms with E-state index in [0.717, 1.165) is 25.7 Å². The van der Waals surface area contributed by atoms with E-state index < -0.39 is 5.82 Å². The van der Waals surface area contributed by atoms with Gasteiger partial charge in [0.25, 0.3) is 0 Å². The third-order valence-electron chi connectivity index (χ3n) is 3.40. The molecule has 0 spiro atoms. The van der Waals surface area contributed by atoms with Crippen molar-refractivity contribution in [2.24, 2.45) is 5.92 Å². The van der Waals surface area contributed by atoms with Gasteiger partial charge in [-0.05, 0) is 25.0 Å². The van der Waals surface area contributed by atoms with Gasteiger partial charge in [-0.3, -0.25) is 4.79 Å². The van der Waals surface area contributed by atoms with E-state index in [4.69, 9.17) is 5.26 Å². The van der Waals surface area contributed by atoms with Gasteiger partial charge >= 0.3 is 0 Å². The highest BCUT2D eigenvalue weighted by molar-refractivity contribution is 5.78. The van der Waals surface area contributed by atoms with Gasteiger partial charge in [0.05, 0.1) is 11.6 Å². The molecule has 0 heterocycles. The number of carbonyl (C=O) groups is 1. The van der Waals surface area contributed by atoms with Crippen molar-refractivity contribution in [3.8, 4) is 6.07 Å². The van der Waals surface area contributed by atoms with E-state index in [9.17, 15) is 9.18 Å². The topological polar surface area (TPSA) is 52.9 Å². The van der Waals surface area contributed by atoms with Gasteiger partial charge in [-0.25, -0.2) is 4.39 Å². The van der Waals surface area contributed by atoms with Crippen LogP contribution in [0.5, 0.6) is 0 Å². The summed E-state index contributed by atoms with van der Waals surface area (Å²) in [4.78, 5) is 12.0. The number of hydrogen-bond donors (Lipinski definition) is 1. The van der Waals surface area contributed by atoms with Gasteiger partial charge < -0.3 is 5.32 Å². The number of rotatable bonds is 7. The highest BCUT2D eigenvalue weighted by Gasteiger charge is 2.15. The van der Waals surface area contributed by atoms with Crippen LogP contribution in [0.3, 0.4) is 0 Å². The molecule has 1 amide bonds. The van der Waals surface area contributed by atoms with Crippen molar-refractivity contribution in [1.82, 2.24) is 5.32 Å². The number of unbranched alkanes of at least 4 members (excludes halogenated alkanes) is 1. The van der Waals surface area contributed by atoms with E-state index in [0.29, 0.717) is 5.56 Å². The first-order chi connectivity index (χ1) is 9.62. The molecule has 1 N–H and O–H groups in total. The van der Waals surface area contributed by atoms with Crippen molar-refractivity contribution in [3.05, 3.63) is 35.1 Å². The number of nitriles is 1. The van der Waals surface area contributed by atoms with Gasteiger partial charge in [0.1, 0.15) is 5.82 Å². The number of hydrogen-bond acceptors (Lipinski definition) is 2. The van der Waals surface area contributed by atoms with Crippen LogP contribution in [0.4, 0.5) is 4.39 Å². The van der Waals surface area contributed by atoms with Gasteiger partial charge in [0, 0.05) is 18.0 Å². The number of nitrogens with zero attached hydrogens (tertiary/aromatic N) is 1. The van der Waals surface area contributed by atoms with Crippen LogP contribution in [0, 0.1) is 23.1 Å². The van der Waals surface area contributed by atoms with Crippen LogP contribution >= 0.6 is 0 Å². The molecule has 0 aliphatic rings. The number of halogens is 1. The summed E-state index contributed by atoms with van der Waals surface area (Å²) in [5.41, 5.74) is 0.689. The fraction of sp³-hybridized carbons (Fsp3) is 0.500. The molecule has 0 fully saturated rings. The smallest absolute Gasteiger partial charge is 0.223 e. The first-order valence-corrected chi connectivity index (χ1v) is 7.08. The lowest BCUT2D eigenvalue weighted by molar-refractivity contribution is -0.125. The van der Waals surface area contributed by atoms with E-state index >= 15 is 0 Å². The molecule has 0 saturated carbocycles. The predicted molar refractivity (Wildman–Crippen MR) is 76.3 cm³/mol. The average Bonchev–Trinajstić information content (AvgIpc) is 2.46. The van der Waals surface area contributed by atoms with E-state index in [1.165, 1.54) is 6.07 Å². The molecule has 1 aromatic carbocycles. The highest BCUT2D eigenvalue weighted by Crippen LogP contribution is 2.14. The summed E-state index contributed by atoms with van der Waals surface area (Å²) >= 11 is 0. The Kier molecular flexibility index (Phi) is 6.72. The molecule has 1 rings (SSSR count). The predicted octanol–water partition coefficient (Wildman–Crippen LogP) is 3.53. The quantitative estimate of drug-likeness (QED) is 0.828. The molecule has 0 aromatic heterocycles. The van der Waals surface area contributed by atoms with Gasteiger partial charge in [0.15, 0.2) is 0 Å². The standard InChI is InChI=1S/C16H21FN2O/c1-3-5-6-13(4-2)16(20)19-11-14-8-7-12(10-18)9-15(14)17/h7-9,13H,3-6,11H2,1-2H3,(H,19,20). The highest BCUT2D eigenvalue weighted by atomic mass is 19.1. The van der Waals surface area contributed by atoms with Crippen LogP contribution < -0.4 is 5.32 Å². The summed E-state index contributed by atoms with van der Waals surface area (Å²) in [6.45, 7) is 4.25. The van der Waals surface area contributed by atoms with Crippen molar-refractivity contribution in [2.45, 2.75) is 46.1 Å². The second-order valence-corrected chi connectivity index (χ2v) is 4.88. The van der Waals surface area contributed by atoms with Gasteiger partial charge in [0.2, 0.25) is 5.91 Å². The Balaban J connectivity index is 2.58. The molecule has 0 aliphatic heterocycles. The zero-order valence-electron chi connectivity index (χ0n) is 12.1. The van der Waals surface area contributed by atoms with Crippen LogP contribution in [0.15, 0.2) is 18.2 Å². The monoisotopic (exact) mass is 276 g/mol. The fourth-order valence-corrected chi connectivity index (χ4v) is 2.06. The van der Waals surface area contributed by atoms with Crippen molar-refractivity contribution in [1.29, 1.82) is 5.26 Å². The molecule has 0 bridgehead atoms. The van der Waals surface area contributed by atoms with E-state index in [2.05, 4.69) is 12.2 Å². The maximum absolute atomic E-state index is 13.7. The molecule has 1 unspecified atom stereocenters. The lowest BCUT2D eigenvalue weighted by Gasteiger charge is -2.14. The van der Waals surface area contributed by atoms with Crippen molar-refractivity contribution in [2.75, 3.05) is 0 Å². The van der Waals surface area contributed by atoms with E-state index in [-0.39, 0.29) is 23.9 Å². The molecule has 1 aromatic rings. The molecule has 0 aliphatic carbocycles. The number of nitrogens with one attached hydrogen (secondary N) is 1. The lowest BCUT2D eigenvalue weighted by Crippen LogP contribution is -2.30. The molecule has 0 radical (unpaired) electrons. The van der Waals surface area contributed by atoms with Gasteiger partial charge in [-0.1, -0.05) is 32.8 Å². The summed E-state index contributed by atoms with van der Waals surface area (Å²) in [7, 11) is 0. The number of carbonyl (C=O) groups excluding carboxylic acids is 1. The first kappa shape index (κ1) is 16.2. The second-order valence-electron chi connectivity index (χ2n) is 4.88. The molecule has 108 valence electrons. The minimum absolute atomic E-state index is 0.00334.